The second kappa shape index (κ2) is 9.42. The molecule has 5 rings (SSSR count). The summed E-state index contributed by atoms with van der Waals surface area (Å²) in [5, 5.41) is 24.6. The first-order valence-corrected chi connectivity index (χ1v) is 12.9. The molecule has 3 aromatic rings. The number of anilines is 1. The van der Waals surface area contributed by atoms with E-state index in [0.717, 1.165) is 5.69 Å². The number of carboxylic acids is 1. The summed E-state index contributed by atoms with van der Waals surface area (Å²) >= 11 is 1.29. The summed E-state index contributed by atoms with van der Waals surface area (Å²) in [4.78, 5) is 61.3. The molecule has 1 aromatic carbocycles. The van der Waals surface area contributed by atoms with Gasteiger partial charge in [0.05, 0.1) is 11.3 Å². The van der Waals surface area contributed by atoms with Gasteiger partial charge in [-0.1, -0.05) is 12.1 Å². The number of carboxylic acid groups (broad SMARTS) is 1. The number of aromatic hydroxyl groups is 1. The van der Waals surface area contributed by atoms with E-state index in [2.05, 4.69) is 20.6 Å². The zero-order valence-electron chi connectivity index (χ0n) is 21.2. The van der Waals surface area contributed by atoms with Crippen molar-refractivity contribution in [3.8, 4) is 5.75 Å². The molecule has 2 fully saturated rings. The van der Waals surface area contributed by atoms with E-state index in [1.54, 1.807) is 32.9 Å². The number of fused-ring (bicyclic) bond motifs is 2. The van der Waals surface area contributed by atoms with Crippen LogP contribution in [0.5, 0.6) is 5.75 Å². The third-order valence-electron chi connectivity index (χ3n) is 6.89. The van der Waals surface area contributed by atoms with Crippen LogP contribution in [0.25, 0.3) is 11.0 Å². The van der Waals surface area contributed by atoms with Crippen molar-refractivity contribution >= 4 is 52.2 Å². The number of phenolic OH excluding ortho intramolecular Hbond substituents is 1. The summed E-state index contributed by atoms with van der Waals surface area (Å²) in [6, 6.07) is 5.86. The quantitative estimate of drug-likeness (QED) is 0.280. The highest BCUT2D eigenvalue weighted by Crippen LogP contribution is 2.50. The summed E-state index contributed by atoms with van der Waals surface area (Å²) < 4.78 is -0.760. The number of phenols is 1. The van der Waals surface area contributed by atoms with Gasteiger partial charge in [-0.15, -0.1) is 11.8 Å². The van der Waals surface area contributed by atoms with Crippen LogP contribution in [0.4, 0.5) is 5.69 Å². The maximum atomic E-state index is 13.5. The number of rotatable bonds is 6. The molecule has 202 valence electrons. The summed E-state index contributed by atoms with van der Waals surface area (Å²) in [5.74, 6) is -3.03. The topological polar surface area (TPSA) is 188 Å². The van der Waals surface area contributed by atoms with Crippen LogP contribution in [-0.4, -0.2) is 71.0 Å². The van der Waals surface area contributed by atoms with Gasteiger partial charge in [0.25, 0.3) is 5.91 Å². The number of thioether (sulfide) groups is 1. The van der Waals surface area contributed by atoms with E-state index in [1.165, 1.54) is 47.1 Å². The van der Waals surface area contributed by atoms with Gasteiger partial charge in [0, 0.05) is 22.0 Å². The van der Waals surface area contributed by atoms with Gasteiger partial charge in [-0.25, -0.2) is 14.8 Å². The SMILES string of the molecule is Cc1ccc2c(N)c(C(=O)NC(C(=O)NC3C(=O)N4[C@@H]3SC(C)(C)[C@@H]4C(=O)O)c3ccc(O)cc3)cnc2n1. The lowest BCUT2D eigenvalue weighted by Crippen LogP contribution is -2.71. The van der Waals surface area contributed by atoms with Gasteiger partial charge in [0.15, 0.2) is 5.65 Å². The van der Waals surface area contributed by atoms with Crippen molar-refractivity contribution in [2.45, 2.75) is 49.0 Å². The molecule has 12 nitrogen and oxygen atoms in total. The Bertz CT molecular complexity index is 1530. The number of nitrogens with one attached hydrogen (secondary N) is 2. The normalized spacial score (nSPS) is 22.1. The summed E-state index contributed by atoms with van der Waals surface area (Å²) in [6.07, 6.45) is 1.28. The van der Waals surface area contributed by atoms with Gasteiger partial charge < -0.3 is 31.5 Å². The van der Waals surface area contributed by atoms with Crippen molar-refractivity contribution < 1.29 is 29.4 Å². The number of nitrogen functional groups attached to an aromatic ring is 1. The maximum Gasteiger partial charge on any atom is 0.327 e. The third-order valence-corrected chi connectivity index (χ3v) is 8.46. The summed E-state index contributed by atoms with van der Waals surface area (Å²) in [5.41, 5.74) is 7.89. The van der Waals surface area contributed by atoms with Crippen LogP contribution < -0.4 is 16.4 Å². The number of nitrogens with two attached hydrogens (primary N) is 1. The number of carbonyl (C=O) groups is 4. The largest absolute Gasteiger partial charge is 0.508 e. The molecule has 2 aliphatic rings. The standard InChI is InChI=1S/C26H26N6O6S/c1-11-4-9-14-16(27)15(10-28-20(14)29-11)21(34)30-17(12-5-7-13(33)8-6-12)22(35)31-18-23(36)32-19(25(37)38)26(2,3)39-24(18)32/h4-10,17-19,24,33H,1-3H3,(H,30,34)(H,31,35)(H,37,38)(H2,27,28,29)/t17?,18?,19-,24+/m0/s1. The Morgan fingerprint density at radius 2 is 1.85 bits per heavy atom. The first-order chi connectivity index (χ1) is 18.4. The Morgan fingerprint density at radius 1 is 1.15 bits per heavy atom. The maximum absolute atomic E-state index is 13.5. The van der Waals surface area contributed by atoms with Crippen molar-refractivity contribution in [1.82, 2.24) is 25.5 Å². The minimum Gasteiger partial charge on any atom is -0.508 e. The first kappa shape index (κ1) is 26.2. The zero-order valence-corrected chi connectivity index (χ0v) is 22.0. The van der Waals surface area contributed by atoms with Crippen LogP contribution >= 0.6 is 11.8 Å². The van der Waals surface area contributed by atoms with Crippen LogP contribution in [-0.2, 0) is 14.4 Å². The second-order valence-corrected chi connectivity index (χ2v) is 11.8. The van der Waals surface area contributed by atoms with Crippen molar-refractivity contribution in [3.63, 3.8) is 0 Å². The van der Waals surface area contributed by atoms with Crippen LogP contribution in [0.15, 0.2) is 42.6 Å². The minimum atomic E-state index is -1.26. The van der Waals surface area contributed by atoms with Crippen molar-refractivity contribution in [1.29, 1.82) is 0 Å². The zero-order chi connectivity index (χ0) is 28.2. The number of carbonyl (C=O) groups excluding carboxylic acids is 3. The fourth-order valence-electron chi connectivity index (χ4n) is 4.93. The number of aryl methyl sites for hydroxylation is 1. The Balaban J connectivity index is 1.41. The molecule has 2 aliphatic heterocycles. The molecular formula is C26H26N6O6S. The molecule has 0 spiro atoms. The molecule has 6 N–H and O–H groups in total. The van der Waals surface area contributed by atoms with Crippen LogP contribution in [0.1, 0.15) is 41.5 Å². The highest BCUT2D eigenvalue weighted by molar-refractivity contribution is 8.01. The van der Waals surface area contributed by atoms with Gasteiger partial charge in [-0.2, -0.15) is 0 Å². The first-order valence-electron chi connectivity index (χ1n) is 12.0. The fourth-order valence-corrected chi connectivity index (χ4v) is 6.56. The molecule has 0 radical (unpaired) electrons. The Kier molecular flexibility index (Phi) is 6.33. The molecule has 3 amide bonds. The predicted octanol–water partition coefficient (Wildman–Crippen LogP) is 1.33. The lowest BCUT2D eigenvalue weighted by atomic mass is 9.95. The Labute approximate surface area is 227 Å². The average molecular weight is 551 g/mol. The average Bonchev–Trinajstić information content (AvgIpc) is 3.14. The van der Waals surface area contributed by atoms with Gasteiger partial charge in [0.2, 0.25) is 11.8 Å². The van der Waals surface area contributed by atoms with Gasteiger partial charge in [-0.05, 0) is 50.6 Å². The molecule has 0 aliphatic carbocycles. The summed E-state index contributed by atoms with van der Waals surface area (Å²) in [7, 11) is 0. The molecule has 4 heterocycles. The van der Waals surface area contributed by atoms with E-state index in [9.17, 15) is 29.4 Å². The van der Waals surface area contributed by atoms with Crippen molar-refractivity contribution in [2.75, 3.05) is 5.73 Å². The highest BCUT2D eigenvalue weighted by Gasteiger charge is 2.64. The number of pyridine rings is 2. The molecule has 4 atom stereocenters. The molecular weight excluding hydrogens is 524 g/mol. The second-order valence-electron chi connectivity index (χ2n) is 9.99. The lowest BCUT2D eigenvalue weighted by Gasteiger charge is -2.44. The molecule has 2 unspecified atom stereocenters. The van der Waals surface area contributed by atoms with E-state index >= 15 is 0 Å². The summed E-state index contributed by atoms with van der Waals surface area (Å²) in [6.45, 7) is 5.27. The Morgan fingerprint density at radius 3 is 2.51 bits per heavy atom. The van der Waals surface area contributed by atoms with Crippen LogP contribution in [0.2, 0.25) is 0 Å². The predicted molar refractivity (Wildman–Crippen MR) is 143 cm³/mol. The Hall–Kier alpha value is -4.39. The molecule has 2 saturated heterocycles. The van der Waals surface area contributed by atoms with Crippen LogP contribution in [0.3, 0.4) is 0 Å². The van der Waals surface area contributed by atoms with E-state index in [0.29, 0.717) is 16.6 Å². The van der Waals surface area contributed by atoms with Gasteiger partial charge >= 0.3 is 5.97 Å². The number of hydrogen-bond donors (Lipinski definition) is 5. The van der Waals surface area contributed by atoms with E-state index in [-0.39, 0.29) is 17.0 Å². The fraction of sp³-hybridized carbons (Fsp3) is 0.308. The lowest BCUT2D eigenvalue weighted by molar-refractivity contribution is -0.161. The molecule has 0 saturated carbocycles. The molecule has 0 bridgehead atoms. The highest BCUT2D eigenvalue weighted by atomic mass is 32.2. The number of aromatic nitrogens is 2. The number of hydrogen-bond acceptors (Lipinski definition) is 9. The van der Waals surface area contributed by atoms with Gasteiger partial charge in [0.1, 0.15) is 29.2 Å². The van der Waals surface area contributed by atoms with E-state index < -0.39 is 51.9 Å². The van der Waals surface area contributed by atoms with Crippen molar-refractivity contribution in [2.24, 2.45) is 0 Å². The number of nitrogens with zero attached hydrogens (tertiary/aromatic N) is 3. The molecule has 39 heavy (non-hydrogen) atoms. The number of benzene rings is 1. The molecule has 2 aromatic heterocycles. The minimum absolute atomic E-state index is 0.0352. The number of aliphatic carboxylic acids is 1. The van der Waals surface area contributed by atoms with Crippen LogP contribution in [0, 0.1) is 6.92 Å². The van der Waals surface area contributed by atoms with Crippen molar-refractivity contribution in [3.05, 3.63) is 59.4 Å². The monoisotopic (exact) mass is 550 g/mol. The van der Waals surface area contributed by atoms with E-state index in [1.807, 2.05) is 0 Å². The molecule has 13 heteroatoms. The third kappa shape index (κ3) is 4.48. The smallest absolute Gasteiger partial charge is 0.327 e. The number of amides is 3. The van der Waals surface area contributed by atoms with E-state index in [4.69, 9.17) is 5.73 Å². The van der Waals surface area contributed by atoms with Gasteiger partial charge in [-0.3, -0.25) is 14.4 Å². The number of β-lactam (4-membered cyclic amide) rings is 1.